The number of nitrogens with zero attached hydrogens (tertiary/aromatic N) is 4. The highest BCUT2D eigenvalue weighted by atomic mass is 32.1. The maximum atomic E-state index is 9.75. The first kappa shape index (κ1) is 19.6. The van der Waals surface area contributed by atoms with Gasteiger partial charge in [-0.05, 0) is 30.9 Å². The van der Waals surface area contributed by atoms with Crippen LogP contribution in [0.4, 0.5) is 17.6 Å². The van der Waals surface area contributed by atoms with E-state index in [-0.39, 0.29) is 12.1 Å². The molecule has 3 aromatic heterocycles. The summed E-state index contributed by atoms with van der Waals surface area (Å²) in [6.07, 6.45) is 3.34. The number of aliphatic hydroxyl groups excluding tert-OH is 1. The average molecular weight is 389 g/mol. The zero-order chi connectivity index (χ0) is 19.6. The molecule has 0 saturated carbocycles. The zero-order valence-corrected chi connectivity index (χ0v) is 17.0. The second-order valence-electron chi connectivity index (χ2n) is 6.53. The molecule has 7 nitrogen and oxygen atoms in total. The lowest BCUT2D eigenvalue weighted by molar-refractivity contribution is 0.145. The molecule has 1 aliphatic rings. The molecule has 3 aromatic rings. The fraction of sp³-hybridized carbons (Fsp3) is 0.526. The first-order valence-corrected chi connectivity index (χ1v) is 10.5. The number of fused-ring (bicyclic) bond motifs is 3. The smallest absolute Gasteiger partial charge is 0.222 e. The molecule has 0 aliphatic carbocycles. The molecule has 0 radical (unpaired) electrons. The van der Waals surface area contributed by atoms with E-state index < -0.39 is 0 Å². The minimum Gasteiger partial charge on any atom is -0.393 e. The summed E-state index contributed by atoms with van der Waals surface area (Å²) >= 11 is 1.52. The van der Waals surface area contributed by atoms with Gasteiger partial charge in [0.15, 0.2) is 0 Å². The number of nitrogen functional groups attached to an aromatic ring is 2. The van der Waals surface area contributed by atoms with Crippen LogP contribution in [0.1, 0.15) is 45.6 Å². The number of aromatic nitrogens is 3. The van der Waals surface area contributed by atoms with Crippen molar-refractivity contribution in [2.45, 2.75) is 52.6 Å². The quantitative estimate of drug-likeness (QED) is 0.630. The van der Waals surface area contributed by atoms with Crippen molar-refractivity contribution < 1.29 is 5.11 Å². The minimum absolute atomic E-state index is 0.196. The molecule has 0 aromatic carbocycles. The summed E-state index contributed by atoms with van der Waals surface area (Å²) in [6.45, 7) is 7.81. The Balaban J connectivity index is 0.00000102. The highest BCUT2D eigenvalue weighted by Gasteiger charge is 2.22. The second-order valence-corrected chi connectivity index (χ2v) is 7.53. The van der Waals surface area contributed by atoms with E-state index in [2.05, 4.69) is 27.9 Å². The first-order valence-electron chi connectivity index (χ1n) is 9.65. The molecule has 4 heterocycles. The highest BCUT2D eigenvalue weighted by molar-refractivity contribution is 7.26. The van der Waals surface area contributed by atoms with E-state index in [1.165, 1.54) is 16.9 Å². The highest BCUT2D eigenvalue weighted by Crippen LogP contribution is 2.38. The molecular weight excluding hydrogens is 360 g/mol. The van der Waals surface area contributed by atoms with Crippen LogP contribution < -0.4 is 16.4 Å². The Labute approximate surface area is 163 Å². The van der Waals surface area contributed by atoms with Gasteiger partial charge in [0.05, 0.1) is 16.3 Å². The third kappa shape index (κ3) is 3.77. The van der Waals surface area contributed by atoms with Crippen LogP contribution in [0.2, 0.25) is 0 Å². The summed E-state index contributed by atoms with van der Waals surface area (Å²) in [4.78, 5) is 16.6. The third-order valence-corrected chi connectivity index (χ3v) is 5.80. The van der Waals surface area contributed by atoms with Crippen molar-refractivity contribution in [2.24, 2.45) is 0 Å². The summed E-state index contributed by atoms with van der Waals surface area (Å²) < 4.78 is 0.847. The van der Waals surface area contributed by atoms with E-state index in [4.69, 9.17) is 16.5 Å². The number of thiophene rings is 1. The lowest BCUT2D eigenvalue weighted by Crippen LogP contribution is -2.36. The molecule has 27 heavy (non-hydrogen) atoms. The van der Waals surface area contributed by atoms with Gasteiger partial charge < -0.3 is 21.5 Å². The maximum Gasteiger partial charge on any atom is 0.222 e. The topological polar surface area (TPSA) is 114 Å². The van der Waals surface area contributed by atoms with Gasteiger partial charge in [-0.2, -0.15) is 4.98 Å². The fourth-order valence-electron chi connectivity index (χ4n) is 3.46. The van der Waals surface area contributed by atoms with Crippen molar-refractivity contribution in [3.8, 4) is 0 Å². The van der Waals surface area contributed by atoms with E-state index in [0.717, 1.165) is 65.0 Å². The van der Waals surface area contributed by atoms with Gasteiger partial charge in [-0.15, -0.1) is 11.3 Å². The van der Waals surface area contributed by atoms with Crippen molar-refractivity contribution >= 4 is 49.4 Å². The summed E-state index contributed by atoms with van der Waals surface area (Å²) in [5.74, 6) is 1.57. The van der Waals surface area contributed by atoms with Gasteiger partial charge >= 0.3 is 0 Å². The predicted molar refractivity (Wildman–Crippen MR) is 114 cm³/mol. The van der Waals surface area contributed by atoms with E-state index in [1.807, 2.05) is 13.8 Å². The van der Waals surface area contributed by atoms with Gasteiger partial charge in [0, 0.05) is 18.5 Å². The molecule has 0 spiro atoms. The van der Waals surface area contributed by atoms with Crippen LogP contribution in [0.3, 0.4) is 0 Å². The van der Waals surface area contributed by atoms with Crippen molar-refractivity contribution in [1.82, 2.24) is 15.0 Å². The number of aliphatic hydroxyl groups is 1. The Morgan fingerprint density at radius 2 is 1.89 bits per heavy atom. The number of pyridine rings is 1. The number of aryl methyl sites for hydroxylation is 1. The molecule has 1 aliphatic heterocycles. The van der Waals surface area contributed by atoms with Crippen LogP contribution in [0.15, 0.2) is 6.07 Å². The second kappa shape index (κ2) is 8.22. The van der Waals surface area contributed by atoms with Crippen LogP contribution in [0.5, 0.6) is 0 Å². The monoisotopic (exact) mass is 388 g/mol. The van der Waals surface area contributed by atoms with Crippen LogP contribution in [-0.2, 0) is 6.42 Å². The van der Waals surface area contributed by atoms with Crippen molar-refractivity contribution in [1.29, 1.82) is 0 Å². The summed E-state index contributed by atoms with van der Waals surface area (Å²) in [7, 11) is 0. The van der Waals surface area contributed by atoms with Gasteiger partial charge in [-0.25, -0.2) is 9.97 Å². The Bertz CT molecular complexity index is 933. The molecule has 0 unspecified atom stereocenters. The standard InChI is InChI=1S/C17H22N6OS.C2H6/c1-2-3-9-8-11(23-6-4-10(24)5-7-23)20-16-12(9)13-14(25-16)15(18)22-17(19)21-13;1-2/h8,10,24H,2-7H2,1H3,(H4,18,19,21,22);1-2H3. The van der Waals surface area contributed by atoms with Crippen molar-refractivity contribution in [3.63, 3.8) is 0 Å². The Morgan fingerprint density at radius 1 is 1.19 bits per heavy atom. The van der Waals surface area contributed by atoms with Crippen LogP contribution >= 0.6 is 11.3 Å². The molecule has 1 fully saturated rings. The van der Waals surface area contributed by atoms with E-state index in [1.54, 1.807) is 0 Å². The summed E-state index contributed by atoms with van der Waals surface area (Å²) in [5.41, 5.74) is 13.9. The lowest BCUT2D eigenvalue weighted by Gasteiger charge is -2.30. The number of hydrogen-bond donors (Lipinski definition) is 3. The van der Waals surface area contributed by atoms with Gasteiger partial charge in [0.2, 0.25) is 5.95 Å². The molecule has 1 saturated heterocycles. The average Bonchev–Trinajstić information content (AvgIpc) is 3.03. The summed E-state index contributed by atoms with van der Waals surface area (Å²) in [6, 6.07) is 2.16. The van der Waals surface area contributed by atoms with Gasteiger partial charge in [-0.1, -0.05) is 27.2 Å². The number of hydrogen-bond acceptors (Lipinski definition) is 8. The van der Waals surface area contributed by atoms with E-state index >= 15 is 0 Å². The first-order chi connectivity index (χ1) is 13.1. The Morgan fingerprint density at radius 3 is 2.56 bits per heavy atom. The molecule has 5 N–H and O–H groups in total. The SMILES string of the molecule is CC.CCCc1cc(N2CCC(O)CC2)nc2sc3c(N)nc(N)nc3c12. The number of anilines is 3. The molecule has 0 bridgehead atoms. The predicted octanol–water partition coefficient (Wildman–Crippen LogP) is 3.34. The van der Waals surface area contributed by atoms with Crippen molar-refractivity contribution in [3.05, 3.63) is 11.6 Å². The number of nitrogens with two attached hydrogens (primary N) is 2. The van der Waals surface area contributed by atoms with Gasteiger partial charge in [0.1, 0.15) is 16.5 Å². The molecule has 4 rings (SSSR count). The van der Waals surface area contributed by atoms with Crippen LogP contribution in [0.25, 0.3) is 20.4 Å². The van der Waals surface area contributed by atoms with Gasteiger partial charge in [0.25, 0.3) is 0 Å². The fourth-order valence-corrected chi connectivity index (χ4v) is 4.52. The molecule has 0 atom stereocenters. The Kier molecular flexibility index (Phi) is 5.96. The molecular formula is C19H28N6OS. The van der Waals surface area contributed by atoms with Crippen LogP contribution in [-0.4, -0.2) is 39.3 Å². The normalized spacial score (nSPS) is 15.2. The van der Waals surface area contributed by atoms with E-state index in [9.17, 15) is 5.11 Å². The minimum atomic E-state index is -0.197. The number of piperidine rings is 1. The Hall–Kier alpha value is -2.19. The summed E-state index contributed by atoms with van der Waals surface area (Å²) in [5, 5.41) is 10.8. The molecule has 8 heteroatoms. The van der Waals surface area contributed by atoms with E-state index in [0.29, 0.717) is 5.82 Å². The number of rotatable bonds is 3. The molecule has 146 valence electrons. The largest absolute Gasteiger partial charge is 0.393 e. The zero-order valence-electron chi connectivity index (χ0n) is 16.2. The third-order valence-electron chi connectivity index (χ3n) is 4.71. The van der Waals surface area contributed by atoms with Gasteiger partial charge in [-0.3, -0.25) is 0 Å². The lowest BCUT2D eigenvalue weighted by atomic mass is 10.1. The van der Waals surface area contributed by atoms with Crippen molar-refractivity contribution in [2.75, 3.05) is 29.5 Å². The van der Waals surface area contributed by atoms with Crippen LogP contribution in [0, 0.1) is 0 Å². The maximum absolute atomic E-state index is 9.75. The molecule has 0 amide bonds.